The highest BCUT2D eigenvalue weighted by atomic mass is 35.5. The standard InChI is InChI=1S/C17H18ClF2NO2/c1-11(2)12-4-3-5-13(10-12)16(22)21-14-6-8-15(9-7-14)23-17(18,19)20/h3,5-12H,4H2,1-2H3,(H,21,22). The van der Waals surface area contributed by atoms with Crippen molar-refractivity contribution in [3.8, 4) is 5.75 Å². The summed E-state index contributed by atoms with van der Waals surface area (Å²) in [5, 5.41) is 2.73. The van der Waals surface area contributed by atoms with Crippen molar-refractivity contribution in [1.82, 2.24) is 0 Å². The number of ether oxygens (including phenoxy) is 1. The highest BCUT2D eigenvalue weighted by Crippen LogP contribution is 2.27. The van der Waals surface area contributed by atoms with E-state index in [2.05, 4.69) is 23.9 Å². The smallest absolute Gasteiger partial charge is 0.420 e. The molecular weight excluding hydrogens is 324 g/mol. The van der Waals surface area contributed by atoms with Gasteiger partial charge in [0.05, 0.1) is 0 Å². The highest BCUT2D eigenvalue weighted by Gasteiger charge is 2.27. The first-order valence-electron chi connectivity index (χ1n) is 7.30. The predicted molar refractivity (Wildman–Crippen MR) is 86.7 cm³/mol. The summed E-state index contributed by atoms with van der Waals surface area (Å²) in [6, 6.07) is 5.58. The van der Waals surface area contributed by atoms with E-state index >= 15 is 0 Å². The Morgan fingerprint density at radius 1 is 1.35 bits per heavy atom. The molecule has 0 saturated carbocycles. The molecule has 1 atom stereocenters. The molecule has 0 bridgehead atoms. The van der Waals surface area contributed by atoms with E-state index in [1.54, 1.807) is 6.08 Å². The van der Waals surface area contributed by atoms with Gasteiger partial charge in [-0.25, -0.2) is 0 Å². The van der Waals surface area contributed by atoms with Crippen LogP contribution in [0.25, 0.3) is 0 Å². The molecule has 1 unspecified atom stereocenters. The molecule has 1 aliphatic carbocycles. The van der Waals surface area contributed by atoms with Crippen molar-refractivity contribution in [3.63, 3.8) is 0 Å². The number of allylic oxidation sites excluding steroid dienone is 2. The molecule has 0 aliphatic heterocycles. The topological polar surface area (TPSA) is 38.3 Å². The molecule has 0 saturated heterocycles. The van der Waals surface area contributed by atoms with Gasteiger partial charge in [-0.3, -0.25) is 4.79 Å². The van der Waals surface area contributed by atoms with E-state index in [-0.39, 0.29) is 11.7 Å². The summed E-state index contributed by atoms with van der Waals surface area (Å²) < 4.78 is 29.3. The van der Waals surface area contributed by atoms with Gasteiger partial charge in [0.1, 0.15) is 5.75 Å². The number of rotatable bonds is 5. The van der Waals surface area contributed by atoms with Crippen molar-refractivity contribution < 1.29 is 18.3 Å². The molecule has 1 amide bonds. The molecule has 0 fully saturated rings. The Morgan fingerprint density at radius 3 is 2.57 bits per heavy atom. The van der Waals surface area contributed by atoms with E-state index in [0.29, 0.717) is 23.1 Å². The van der Waals surface area contributed by atoms with Gasteiger partial charge < -0.3 is 10.1 Å². The van der Waals surface area contributed by atoms with Crippen molar-refractivity contribution in [2.75, 3.05) is 5.32 Å². The number of benzene rings is 1. The second-order valence-corrected chi connectivity index (χ2v) is 6.13. The fourth-order valence-corrected chi connectivity index (χ4v) is 2.35. The van der Waals surface area contributed by atoms with Crippen molar-refractivity contribution in [1.29, 1.82) is 0 Å². The maximum atomic E-state index is 12.5. The molecular formula is C17H18ClF2NO2. The minimum absolute atomic E-state index is 0.0837. The summed E-state index contributed by atoms with van der Waals surface area (Å²) in [6.07, 6.45) is 6.66. The normalized spacial score (nSPS) is 17.8. The minimum Gasteiger partial charge on any atom is -0.420 e. The number of halogens is 3. The van der Waals surface area contributed by atoms with Crippen LogP contribution in [0.2, 0.25) is 0 Å². The van der Waals surface area contributed by atoms with Crippen molar-refractivity contribution >= 4 is 23.2 Å². The molecule has 23 heavy (non-hydrogen) atoms. The Balaban J connectivity index is 2.02. The van der Waals surface area contributed by atoms with Gasteiger partial charge in [0, 0.05) is 22.9 Å². The van der Waals surface area contributed by atoms with Crippen LogP contribution in [-0.2, 0) is 4.79 Å². The molecule has 0 aromatic heterocycles. The first kappa shape index (κ1) is 17.5. The molecule has 3 nitrogen and oxygen atoms in total. The number of carbonyl (C=O) groups excluding carboxylic acids is 1. The average molecular weight is 342 g/mol. The largest absolute Gasteiger partial charge is 0.487 e. The fraction of sp³-hybridized carbons (Fsp3) is 0.353. The molecule has 1 aromatic carbocycles. The Bertz CT molecular complexity index is 618. The fourth-order valence-electron chi connectivity index (χ4n) is 2.27. The lowest BCUT2D eigenvalue weighted by molar-refractivity contribution is -0.112. The number of alkyl halides is 3. The Morgan fingerprint density at radius 2 is 2.00 bits per heavy atom. The quantitative estimate of drug-likeness (QED) is 0.769. The third kappa shape index (κ3) is 5.36. The van der Waals surface area contributed by atoms with E-state index in [1.165, 1.54) is 24.3 Å². The first-order valence-corrected chi connectivity index (χ1v) is 7.68. The van der Waals surface area contributed by atoms with Gasteiger partial charge in [-0.15, -0.1) is 8.78 Å². The monoisotopic (exact) mass is 341 g/mol. The van der Waals surface area contributed by atoms with Gasteiger partial charge in [0.15, 0.2) is 0 Å². The summed E-state index contributed by atoms with van der Waals surface area (Å²) in [6.45, 7) is 4.22. The van der Waals surface area contributed by atoms with Gasteiger partial charge in [0.25, 0.3) is 5.91 Å². The lowest BCUT2D eigenvalue weighted by Gasteiger charge is -2.19. The molecule has 1 aromatic rings. The van der Waals surface area contributed by atoms with Crippen LogP contribution in [0.15, 0.2) is 48.1 Å². The van der Waals surface area contributed by atoms with Crippen LogP contribution in [-0.4, -0.2) is 11.5 Å². The summed E-state index contributed by atoms with van der Waals surface area (Å²) in [4.78, 5) is 12.2. The van der Waals surface area contributed by atoms with Crippen LogP contribution in [0.5, 0.6) is 5.75 Å². The Labute approximate surface area is 139 Å². The van der Waals surface area contributed by atoms with Crippen LogP contribution in [0, 0.1) is 11.8 Å². The number of hydrogen-bond donors (Lipinski definition) is 1. The maximum absolute atomic E-state index is 12.5. The highest BCUT2D eigenvalue weighted by molar-refractivity contribution is 6.20. The lowest BCUT2D eigenvalue weighted by atomic mass is 9.87. The summed E-state index contributed by atoms with van der Waals surface area (Å²) in [5.74, 6) is 0.474. The minimum atomic E-state index is -3.76. The van der Waals surface area contributed by atoms with Crippen LogP contribution < -0.4 is 10.1 Å². The SMILES string of the molecule is CC(C)C1C=C(C(=O)Nc2ccc(OC(F)(F)Cl)cc2)C=CC1. The number of amides is 1. The van der Waals surface area contributed by atoms with Gasteiger partial charge in [-0.1, -0.05) is 32.1 Å². The number of carbonyl (C=O) groups is 1. The van der Waals surface area contributed by atoms with E-state index in [4.69, 9.17) is 11.6 Å². The van der Waals surface area contributed by atoms with Crippen molar-refractivity contribution in [2.45, 2.75) is 25.8 Å². The number of nitrogens with one attached hydrogen (secondary N) is 1. The van der Waals surface area contributed by atoms with Crippen molar-refractivity contribution in [2.24, 2.45) is 11.8 Å². The average Bonchev–Trinajstić information content (AvgIpc) is 2.48. The van der Waals surface area contributed by atoms with E-state index in [9.17, 15) is 13.6 Å². The summed E-state index contributed by atoms with van der Waals surface area (Å²) >= 11 is 4.69. The van der Waals surface area contributed by atoms with Gasteiger partial charge >= 0.3 is 5.57 Å². The second kappa shape index (κ2) is 7.13. The molecule has 1 aliphatic rings. The molecule has 0 spiro atoms. The zero-order valence-corrected chi connectivity index (χ0v) is 13.6. The summed E-state index contributed by atoms with van der Waals surface area (Å²) in [5.41, 5.74) is -2.67. The molecule has 2 rings (SSSR count). The zero-order valence-electron chi connectivity index (χ0n) is 12.9. The zero-order chi connectivity index (χ0) is 17.0. The lowest BCUT2D eigenvalue weighted by Crippen LogP contribution is -2.18. The second-order valence-electron chi connectivity index (χ2n) is 5.69. The molecule has 124 valence electrons. The Hall–Kier alpha value is -1.88. The van der Waals surface area contributed by atoms with E-state index in [0.717, 1.165) is 6.42 Å². The number of anilines is 1. The number of hydrogen-bond acceptors (Lipinski definition) is 2. The molecule has 6 heteroatoms. The van der Waals surface area contributed by atoms with Crippen LogP contribution >= 0.6 is 11.6 Å². The van der Waals surface area contributed by atoms with Gasteiger partial charge in [0.2, 0.25) is 0 Å². The molecule has 0 heterocycles. The van der Waals surface area contributed by atoms with Crippen LogP contribution in [0.4, 0.5) is 14.5 Å². The van der Waals surface area contributed by atoms with Gasteiger partial charge in [-0.05, 0) is 42.5 Å². The van der Waals surface area contributed by atoms with Crippen LogP contribution in [0.3, 0.4) is 0 Å². The third-order valence-corrected chi connectivity index (χ3v) is 3.64. The Kier molecular flexibility index (Phi) is 5.42. The summed E-state index contributed by atoms with van der Waals surface area (Å²) in [7, 11) is 0. The van der Waals surface area contributed by atoms with E-state index in [1.807, 2.05) is 12.2 Å². The van der Waals surface area contributed by atoms with Gasteiger partial charge in [-0.2, -0.15) is 0 Å². The maximum Gasteiger partial charge on any atom is 0.487 e. The van der Waals surface area contributed by atoms with Crippen LogP contribution in [0.1, 0.15) is 20.3 Å². The molecule has 0 radical (unpaired) electrons. The molecule has 1 N–H and O–H groups in total. The third-order valence-electron chi connectivity index (χ3n) is 3.56. The van der Waals surface area contributed by atoms with Crippen molar-refractivity contribution in [3.05, 3.63) is 48.1 Å². The first-order chi connectivity index (χ1) is 10.7. The predicted octanol–water partition coefficient (Wildman–Crippen LogP) is 4.95. The van der Waals surface area contributed by atoms with E-state index < -0.39 is 5.57 Å².